The molecule has 4 unspecified atom stereocenters. The van der Waals surface area contributed by atoms with Crippen molar-refractivity contribution in [2.45, 2.75) is 71.6 Å². The number of hydrogen-bond acceptors (Lipinski definition) is 1. The molecule has 0 spiro atoms. The lowest BCUT2D eigenvalue weighted by molar-refractivity contribution is -0.0982. The average molecular weight is 298 g/mol. The molecule has 4 atom stereocenters. The molecule has 1 heteroatoms. The van der Waals surface area contributed by atoms with Gasteiger partial charge < -0.3 is 5.11 Å². The van der Waals surface area contributed by atoms with Crippen LogP contribution in [-0.4, -0.2) is 5.11 Å². The fourth-order valence-corrected chi connectivity index (χ4v) is 6.96. The van der Waals surface area contributed by atoms with Gasteiger partial charge in [-0.05, 0) is 83.4 Å². The predicted octanol–water partition coefficient (Wildman–Crippen LogP) is 5.45. The molecule has 0 radical (unpaired) electrons. The normalized spacial score (nSPS) is 42.4. The Kier molecular flexibility index (Phi) is 2.86. The van der Waals surface area contributed by atoms with Crippen LogP contribution in [0.1, 0.15) is 70.9 Å². The zero-order valence-corrected chi connectivity index (χ0v) is 14.6. The van der Waals surface area contributed by atoms with Gasteiger partial charge in [-0.2, -0.15) is 0 Å². The van der Waals surface area contributed by atoms with Crippen LogP contribution in [0.5, 0.6) is 5.75 Å². The van der Waals surface area contributed by atoms with E-state index in [0.717, 1.165) is 11.8 Å². The van der Waals surface area contributed by atoms with Crippen LogP contribution in [0.3, 0.4) is 0 Å². The zero-order chi connectivity index (χ0) is 15.8. The highest BCUT2D eigenvalue weighted by molar-refractivity contribution is 5.46. The van der Waals surface area contributed by atoms with E-state index in [4.69, 9.17) is 0 Å². The average Bonchev–Trinajstić information content (AvgIpc) is 2.71. The lowest BCUT2D eigenvalue weighted by atomic mass is 9.43. The van der Waals surface area contributed by atoms with E-state index in [-0.39, 0.29) is 0 Å². The molecule has 4 rings (SSSR count). The molecule has 0 aromatic heterocycles. The predicted molar refractivity (Wildman–Crippen MR) is 91.1 cm³/mol. The van der Waals surface area contributed by atoms with Gasteiger partial charge in [0.1, 0.15) is 5.75 Å². The second kappa shape index (κ2) is 4.30. The number of fused-ring (bicyclic) bond motifs is 5. The van der Waals surface area contributed by atoms with Crippen molar-refractivity contribution in [1.29, 1.82) is 0 Å². The van der Waals surface area contributed by atoms with Crippen molar-refractivity contribution < 1.29 is 5.11 Å². The summed E-state index contributed by atoms with van der Waals surface area (Å²) in [5, 5.41) is 9.89. The van der Waals surface area contributed by atoms with E-state index in [2.05, 4.69) is 33.8 Å². The second-order valence-corrected chi connectivity index (χ2v) is 9.45. The molecule has 2 saturated carbocycles. The first-order chi connectivity index (χ1) is 10.3. The van der Waals surface area contributed by atoms with Crippen LogP contribution in [0.4, 0.5) is 0 Å². The van der Waals surface area contributed by atoms with E-state index < -0.39 is 0 Å². The van der Waals surface area contributed by atoms with Crippen LogP contribution in [-0.2, 0) is 11.8 Å². The molecule has 0 saturated heterocycles. The quantitative estimate of drug-likeness (QED) is 0.675. The van der Waals surface area contributed by atoms with E-state index in [1.807, 2.05) is 12.1 Å². The highest BCUT2D eigenvalue weighted by Crippen LogP contribution is 2.67. The minimum absolute atomic E-state index is 0.321. The molecule has 1 N–H and O–H groups in total. The van der Waals surface area contributed by atoms with Crippen molar-refractivity contribution in [1.82, 2.24) is 0 Å². The van der Waals surface area contributed by atoms with Gasteiger partial charge in [-0.3, -0.25) is 0 Å². The number of aromatic hydroxyl groups is 1. The SMILES string of the molecule is CC1(C)CCCC2(C)C1CCC1(C)c3ccc(O)cc3CC12. The summed E-state index contributed by atoms with van der Waals surface area (Å²) < 4.78 is 0. The smallest absolute Gasteiger partial charge is 0.115 e. The standard InChI is InChI=1S/C21H30O/c1-19(2)9-5-10-21(4)17(19)8-11-20(3)16-7-6-15(22)12-14(16)13-18(20)21/h6-7,12,17-18,22H,5,8-11,13H2,1-4H3. The first-order valence-corrected chi connectivity index (χ1v) is 9.10. The number of rotatable bonds is 0. The molecule has 1 aromatic carbocycles. The Bertz CT molecular complexity index is 616. The third kappa shape index (κ3) is 1.71. The van der Waals surface area contributed by atoms with Crippen molar-refractivity contribution in [2.24, 2.45) is 22.7 Å². The number of phenols is 1. The Hall–Kier alpha value is -0.980. The zero-order valence-electron chi connectivity index (χ0n) is 14.6. The fraction of sp³-hybridized carbons (Fsp3) is 0.714. The topological polar surface area (TPSA) is 20.2 Å². The van der Waals surface area contributed by atoms with E-state index in [0.29, 0.717) is 22.0 Å². The highest BCUT2D eigenvalue weighted by atomic mass is 16.3. The van der Waals surface area contributed by atoms with Crippen molar-refractivity contribution in [3.05, 3.63) is 29.3 Å². The third-order valence-electron chi connectivity index (χ3n) is 7.92. The van der Waals surface area contributed by atoms with E-state index in [9.17, 15) is 5.11 Å². The molecular weight excluding hydrogens is 268 g/mol. The minimum Gasteiger partial charge on any atom is -0.508 e. The molecule has 22 heavy (non-hydrogen) atoms. The Morgan fingerprint density at radius 3 is 2.55 bits per heavy atom. The van der Waals surface area contributed by atoms with Crippen LogP contribution >= 0.6 is 0 Å². The summed E-state index contributed by atoms with van der Waals surface area (Å²) in [6.07, 6.45) is 8.03. The molecule has 0 heterocycles. The summed E-state index contributed by atoms with van der Waals surface area (Å²) in [4.78, 5) is 0. The first-order valence-electron chi connectivity index (χ1n) is 9.10. The monoisotopic (exact) mass is 298 g/mol. The molecule has 3 aliphatic rings. The highest BCUT2D eigenvalue weighted by Gasteiger charge is 2.60. The number of hydrogen-bond donors (Lipinski definition) is 1. The van der Waals surface area contributed by atoms with Gasteiger partial charge in [0, 0.05) is 0 Å². The summed E-state index contributed by atoms with van der Waals surface area (Å²) >= 11 is 0. The Morgan fingerprint density at radius 1 is 1.00 bits per heavy atom. The van der Waals surface area contributed by atoms with Gasteiger partial charge in [0.15, 0.2) is 0 Å². The first kappa shape index (κ1) is 14.6. The van der Waals surface area contributed by atoms with Crippen molar-refractivity contribution in [3.8, 4) is 5.75 Å². The van der Waals surface area contributed by atoms with Gasteiger partial charge in [0.2, 0.25) is 0 Å². The van der Waals surface area contributed by atoms with Gasteiger partial charge in [-0.1, -0.05) is 40.2 Å². The maximum Gasteiger partial charge on any atom is 0.115 e. The molecule has 0 bridgehead atoms. The Balaban J connectivity index is 1.81. The molecule has 0 aliphatic heterocycles. The van der Waals surface area contributed by atoms with Crippen molar-refractivity contribution in [2.75, 3.05) is 0 Å². The lowest BCUT2D eigenvalue weighted by Crippen LogP contribution is -2.55. The van der Waals surface area contributed by atoms with E-state index in [1.165, 1.54) is 49.7 Å². The fourth-order valence-electron chi connectivity index (χ4n) is 6.96. The van der Waals surface area contributed by atoms with Crippen LogP contribution in [0, 0.1) is 22.7 Å². The molecule has 1 nitrogen and oxygen atoms in total. The maximum absolute atomic E-state index is 9.89. The van der Waals surface area contributed by atoms with Crippen LogP contribution in [0.2, 0.25) is 0 Å². The van der Waals surface area contributed by atoms with Crippen molar-refractivity contribution >= 4 is 0 Å². The van der Waals surface area contributed by atoms with Crippen LogP contribution in [0.15, 0.2) is 18.2 Å². The van der Waals surface area contributed by atoms with Gasteiger partial charge in [0.05, 0.1) is 0 Å². The van der Waals surface area contributed by atoms with E-state index in [1.54, 1.807) is 0 Å². The summed E-state index contributed by atoms with van der Waals surface area (Å²) in [6.45, 7) is 10.1. The van der Waals surface area contributed by atoms with Gasteiger partial charge >= 0.3 is 0 Å². The summed E-state index contributed by atoms with van der Waals surface area (Å²) in [5.74, 6) is 2.04. The third-order valence-corrected chi connectivity index (χ3v) is 7.92. The molecule has 120 valence electrons. The lowest BCUT2D eigenvalue weighted by Gasteiger charge is -2.61. The van der Waals surface area contributed by atoms with Gasteiger partial charge in [-0.15, -0.1) is 0 Å². The van der Waals surface area contributed by atoms with Gasteiger partial charge in [-0.25, -0.2) is 0 Å². The summed E-state index contributed by atoms with van der Waals surface area (Å²) in [6, 6.07) is 6.14. The summed E-state index contributed by atoms with van der Waals surface area (Å²) in [5.41, 5.74) is 4.21. The second-order valence-electron chi connectivity index (χ2n) is 9.45. The van der Waals surface area contributed by atoms with Crippen LogP contribution in [0.25, 0.3) is 0 Å². The molecule has 0 amide bonds. The molecule has 3 aliphatic carbocycles. The largest absolute Gasteiger partial charge is 0.508 e. The Morgan fingerprint density at radius 2 is 1.77 bits per heavy atom. The Labute approximate surface area is 135 Å². The number of benzene rings is 1. The molecule has 1 aromatic rings. The number of phenolic OH excluding ortho intramolecular Hbond substituents is 1. The summed E-state index contributed by atoms with van der Waals surface area (Å²) in [7, 11) is 0. The van der Waals surface area contributed by atoms with Gasteiger partial charge in [0.25, 0.3) is 0 Å². The van der Waals surface area contributed by atoms with E-state index >= 15 is 0 Å². The minimum atomic E-state index is 0.321. The molecular formula is C21H30O. The molecule has 2 fully saturated rings. The maximum atomic E-state index is 9.89. The van der Waals surface area contributed by atoms with Crippen molar-refractivity contribution in [3.63, 3.8) is 0 Å². The van der Waals surface area contributed by atoms with Crippen LogP contribution < -0.4 is 0 Å².